The number of rotatable bonds is 8. The molecule has 0 saturated carbocycles. The first-order chi connectivity index (χ1) is 17.5. The van der Waals surface area contributed by atoms with Gasteiger partial charge in [0.1, 0.15) is 17.0 Å². The van der Waals surface area contributed by atoms with Crippen molar-refractivity contribution in [3.63, 3.8) is 0 Å². The number of aromatic nitrogens is 3. The minimum Gasteiger partial charge on any atom is -0.435 e. The minimum absolute atomic E-state index is 0.00391. The number of ether oxygens (including phenoxy) is 1. The molecule has 0 radical (unpaired) electrons. The third-order valence-electron chi connectivity index (χ3n) is 6.42. The SMILES string of the molecule is Cc1ccc(Cn2nc(-c3cccc(OC(F)F)c3)c3ncc(C(=O)CC4(C)CS(=O)(=O)C4)cc32)cc1. The van der Waals surface area contributed by atoms with Crippen LogP contribution in [0.4, 0.5) is 8.78 Å². The molecule has 1 aliphatic heterocycles. The molecule has 2 aromatic heterocycles. The number of hydrogen-bond acceptors (Lipinski definition) is 6. The molecule has 0 amide bonds. The summed E-state index contributed by atoms with van der Waals surface area (Å²) in [6.45, 7) is 1.24. The molecule has 3 heterocycles. The highest BCUT2D eigenvalue weighted by atomic mass is 32.2. The van der Waals surface area contributed by atoms with E-state index in [9.17, 15) is 22.0 Å². The van der Waals surface area contributed by atoms with Gasteiger partial charge in [-0.3, -0.25) is 14.5 Å². The Morgan fingerprint density at radius 1 is 1.14 bits per heavy atom. The Labute approximate surface area is 213 Å². The summed E-state index contributed by atoms with van der Waals surface area (Å²) in [7, 11) is -3.07. The summed E-state index contributed by atoms with van der Waals surface area (Å²) in [4.78, 5) is 17.6. The van der Waals surface area contributed by atoms with Gasteiger partial charge in [0.2, 0.25) is 0 Å². The normalized spacial score (nSPS) is 16.0. The van der Waals surface area contributed by atoms with Crippen LogP contribution < -0.4 is 4.74 Å². The van der Waals surface area contributed by atoms with E-state index in [-0.39, 0.29) is 29.5 Å². The predicted octanol–water partition coefficient (Wildman–Crippen LogP) is 5.06. The summed E-state index contributed by atoms with van der Waals surface area (Å²) in [6, 6.07) is 15.9. The Hall–Kier alpha value is -3.66. The van der Waals surface area contributed by atoms with Gasteiger partial charge in [0.05, 0.1) is 23.6 Å². The molecular weight excluding hydrogens is 500 g/mol. The van der Waals surface area contributed by atoms with Gasteiger partial charge in [0.15, 0.2) is 15.6 Å². The van der Waals surface area contributed by atoms with Gasteiger partial charge in [0.25, 0.3) is 0 Å². The average molecular weight is 526 g/mol. The van der Waals surface area contributed by atoms with E-state index in [0.29, 0.717) is 34.4 Å². The molecule has 4 aromatic rings. The van der Waals surface area contributed by atoms with Crippen molar-refractivity contribution in [2.75, 3.05) is 11.5 Å². The second kappa shape index (κ2) is 9.33. The molecule has 2 aromatic carbocycles. The Bertz CT molecular complexity index is 1590. The lowest BCUT2D eigenvalue weighted by Gasteiger charge is -2.37. The van der Waals surface area contributed by atoms with Crippen LogP contribution in [-0.4, -0.2) is 47.1 Å². The lowest BCUT2D eigenvalue weighted by molar-refractivity contribution is -0.0498. The summed E-state index contributed by atoms with van der Waals surface area (Å²) in [5.74, 6) is -0.199. The lowest BCUT2D eigenvalue weighted by atomic mass is 9.86. The van der Waals surface area contributed by atoms with Crippen LogP contribution in [0.3, 0.4) is 0 Å². The van der Waals surface area contributed by atoms with Crippen molar-refractivity contribution in [2.45, 2.75) is 33.4 Å². The third kappa shape index (κ3) is 5.39. The van der Waals surface area contributed by atoms with E-state index in [4.69, 9.17) is 5.10 Å². The number of ketones is 1. The zero-order valence-electron chi connectivity index (χ0n) is 20.3. The average Bonchev–Trinajstić information content (AvgIpc) is 3.16. The number of pyridine rings is 1. The van der Waals surface area contributed by atoms with Crippen LogP contribution in [0.5, 0.6) is 5.75 Å². The van der Waals surface area contributed by atoms with E-state index in [0.717, 1.165) is 11.1 Å². The molecule has 192 valence electrons. The summed E-state index contributed by atoms with van der Waals surface area (Å²) < 4.78 is 55.2. The summed E-state index contributed by atoms with van der Waals surface area (Å²) in [6.07, 6.45) is 1.56. The van der Waals surface area contributed by atoms with Crippen LogP contribution >= 0.6 is 0 Å². The fraction of sp³-hybridized carbons (Fsp3) is 0.296. The second-order valence-electron chi connectivity index (χ2n) is 9.93. The molecule has 10 heteroatoms. The van der Waals surface area contributed by atoms with Gasteiger partial charge >= 0.3 is 6.61 Å². The monoisotopic (exact) mass is 525 g/mol. The standard InChI is InChI=1S/C27H25F2N3O4S/c1-17-6-8-18(9-7-17)14-32-22-11-20(23(33)12-27(2)15-37(34,35)16-27)13-30-25(22)24(31-32)19-4-3-5-21(10-19)36-26(28)29/h3-11,13,26H,12,14-16H2,1-2H3. The maximum absolute atomic E-state index is 13.1. The van der Waals surface area contributed by atoms with Gasteiger partial charge in [-0.25, -0.2) is 8.42 Å². The van der Waals surface area contributed by atoms with Gasteiger partial charge in [-0.05, 0) is 30.7 Å². The van der Waals surface area contributed by atoms with Crippen LogP contribution in [0.2, 0.25) is 0 Å². The quantitative estimate of drug-likeness (QED) is 0.299. The number of fused-ring (bicyclic) bond motifs is 1. The number of benzene rings is 2. The number of aryl methyl sites for hydroxylation is 1. The Balaban J connectivity index is 1.55. The molecule has 0 aliphatic carbocycles. The zero-order valence-corrected chi connectivity index (χ0v) is 21.1. The predicted molar refractivity (Wildman–Crippen MR) is 136 cm³/mol. The van der Waals surface area contributed by atoms with Crippen LogP contribution in [0.15, 0.2) is 60.8 Å². The zero-order chi connectivity index (χ0) is 26.4. The molecule has 1 aliphatic rings. The molecule has 0 atom stereocenters. The smallest absolute Gasteiger partial charge is 0.387 e. The summed E-state index contributed by atoms with van der Waals surface area (Å²) in [5, 5.41) is 4.74. The minimum atomic E-state index is -3.07. The Morgan fingerprint density at radius 3 is 2.54 bits per heavy atom. The number of Topliss-reactive ketones (excluding diaryl/α,β-unsaturated/α-hetero) is 1. The summed E-state index contributed by atoms with van der Waals surface area (Å²) >= 11 is 0. The van der Waals surface area contributed by atoms with E-state index in [1.165, 1.54) is 18.3 Å². The Morgan fingerprint density at radius 2 is 1.86 bits per heavy atom. The number of sulfone groups is 1. The van der Waals surface area contributed by atoms with Gasteiger partial charge < -0.3 is 4.74 Å². The number of halogens is 2. The molecular formula is C27H25F2N3O4S. The number of nitrogens with zero attached hydrogens (tertiary/aromatic N) is 3. The van der Waals surface area contributed by atoms with Crippen molar-refractivity contribution in [1.29, 1.82) is 0 Å². The van der Waals surface area contributed by atoms with Crippen molar-refractivity contribution in [2.24, 2.45) is 5.41 Å². The molecule has 1 fully saturated rings. The molecule has 0 spiro atoms. The second-order valence-corrected chi connectivity index (χ2v) is 12.0. The van der Waals surface area contributed by atoms with E-state index in [2.05, 4.69) is 9.72 Å². The van der Waals surface area contributed by atoms with Crippen molar-refractivity contribution in [3.05, 3.63) is 77.5 Å². The number of alkyl halides is 2. The third-order valence-corrected chi connectivity index (χ3v) is 8.70. The first kappa shape index (κ1) is 25.0. The lowest BCUT2D eigenvalue weighted by Crippen LogP contribution is -2.47. The van der Waals surface area contributed by atoms with Crippen LogP contribution in [-0.2, 0) is 16.4 Å². The fourth-order valence-corrected chi connectivity index (χ4v) is 7.06. The summed E-state index contributed by atoms with van der Waals surface area (Å²) in [5.41, 5.74) is 4.02. The molecule has 0 unspecified atom stereocenters. The number of carbonyl (C=O) groups is 1. The highest BCUT2D eigenvalue weighted by molar-refractivity contribution is 7.92. The van der Waals surface area contributed by atoms with Crippen LogP contribution in [0.1, 0.15) is 34.8 Å². The first-order valence-corrected chi connectivity index (χ1v) is 13.5. The van der Waals surface area contributed by atoms with Crippen molar-refractivity contribution >= 4 is 26.7 Å². The molecule has 0 bridgehead atoms. The van der Waals surface area contributed by atoms with Crippen LogP contribution in [0.25, 0.3) is 22.3 Å². The van der Waals surface area contributed by atoms with E-state index < -0.39 is 21.9 Å². The molecule has 7 nitrogen and oxygen atoms in total. The number of carbonyl (C=O) groups excluding carboxylic acids is 1. The highest BCUT2D eigenvalue weighted by Gasteiger charge is 2.45. The van der Waals surface area contributed by atoms with Gasteiger partial charge in [-0.1, -0.05) is 48.9 Å². The van der Waals surface area contributed by atoms with Gasteiger partial charge in [0, 0.05) is 29.2 Å². The van der Waals surface area contributed by atoms with Gasteiger partial charge in [-0.15, -0.1) is 0 Å². The largest absolute Gasteiger partial charge is 0.435 e. The maximum atomic E-state index is 13.1. The van der Waals surface area contributed by atoms with Crippen molar-refractivity contribution in [1.82, 2.24) is 14.8 Å². The fourth-order valence-electron chi connectivity index (χ4n) is 4.82. The van der Waals surface area contributed by atoms with Crippen molar-refractivity contribution < 1.29 is 26.7 Å². The van der Waals surface area contributed by atoms with Gasteiger partial charge in [-0.2, -0.15) is 13.9 Å². The van der Waals surface area contributed by atoms with Crippen LogP contribution in [0, 0.1) is 12.3 Å². The first-order valence-electron chi connectivity index (χ1n) is 11.7. The highest BCUT2D eigenvalue weighted by Crippen LogP contribution is 2.37. The topological polar surface area (TPSA) is 91.2 Å². The molecule has 0 N–H and O–H groups in total. The van der Waals surface area contributed by atoms with E-state index in [1.54, 1.807) is 29.8 Å². The van der Waals surface area contributed by atoms with E-state index in [1.807, 2.05) is 31.2 Å². The van der Waals surface area contributed by atoms with Crippen molar-refractivity contribution in [3.8, 4) is 17.0 Å². The maximum Gasteiger partial charge on any atom is 0.387 e. The molecule has 5 rings (SSSR count). The molecule has 37 heavy (non-hydrogen) atoms. The van der Waals surface area contributed by atoms with E-state index >= 15 is 0 Å². The Kier molecular flexibility index (Phi) is 6.31. The number of hydrogen-bond donors (Lipinski definition) is 0. The molecule has 1 saturated heterocycles.